The molecule has 0 spiro atoms. The Bertz CT molecular complexity index is 465. The number of Topliss-reactive ketones (excluding diaryl/α,β-unsaturated/α-hetero) is 1. The molecule has 0 amide bonds. The lowest BCUT2D eigenvalue weighted by atomic mass is 9.83. The largest absolute Gasteiger partial charge is 0.493 e. The molecule has 1 aliphatic carbocycles. The molecule has 1 saturated carbocycles. The van der Waals surface area contributed by atoms with E-state index in [0.717, 1.165) is 32.1 Å². The Hall–Kier alpha value is -1.58. The fourth-order valence-corrected chi connectivity index (χ4v) is 2.63. The Labute approximate surface area is 112 Å². The fourth-order valence-electron chi connectivity index (χ4n) is 2.63. The number of hydrogen-bond acceptors (Lipinski definition) is 3. The van der Waals surface area contributed by atoms with Gasteiger partial charge in [-0.25, -0.2) is 4.39 Å². The summed E-state index contributed by atoms with van der Waals surface area (Å²) in [6.45, 7) is 0. The van der Waals surface area contributed by atoms with Crippen LogP contribution in [0.2, 0.25) is 0 Å². The highest BCUT2D eigenvalue weighted by molar-refractivity contribution is 5.98. The van der Waals surface area contributed by atoms with Crippen LogP contribution in [0.5, 0.6) is 11.5 Å². The van der Waals surface area contributed by atoms with E-state index in [4.69, 9.17) is 9.47 Å². The molecule has 0 aliphatic heterocycles. The van der Waals surface area contributed by atoms with Crippen LogP contribution in [0.15, 0.2) is 12.1 Å². The summed E-state index contributed by atoms with van der Waals surface area (Å²) < 4.78 is 24.1. The zero-order valence-electron chi connectivity index (χ0n) is 11.4. The molecule has 0 saturated heterocycles. The van der Waals surface area contributed by atoms with E-state index < -0.39 is 5.82 Å². The van der Waals surface area contributed by atoms with Gasteiger partial charge in [0.1, 0.15) is 5.82 Å². The Morgan fingerprint density at radius 1 is 1.11 bits per heavy atom. The van der Waals surface area contributed by atoms with E-state index in [2.05, 4.69) is 0 Å². The monoisotopic (exact) mass is 266 g/mol. The molecule has 19 heavy (non-hydrogen) atoms. The van der Waals surface area contributed by atoms with Crippen molar-refractivity contribution in [3.05, 3.63) is 23.5 Å². The van der Waals surface area contributed by atoms with Gasteiger partial charge in [0.25, 0.3) is 0 Å². The third-order valence-electron chi connectivity index (χ3n) is 3.71. The number of methoxy groups -OCH3 is 2. The number of carbonyl (C=O) groups excluding carboxylic acids is 1. The normalized spacial score (nSPS) is 16.2. The van der Waals surface area contributed by atoms with Gasteiger partial charge in [-0.05, 0) is 18.9 Å². The van der Waals surface area contributed by atoms with E-state index in [9.17, 15) is 9.18 Å². The lowest BCUT2D eigenvalue weighted by Crippen LogP contribution is -2.19. The van der Waals surface area contributed by atoms with Crippen LogP contribution in [0.1, 0.15) is 42.5 Å². The number of ketones is 1. The lowest BCUT2D eigenvalue weighted by molar-refractivity contribution is 0.0885. The molecule has 4 heteroatoms. The van der Waals surface area contributed by atoms with Crippen molar-refractivity contribution in [3.8, 4) is 11.5 Å². The molecular formula is C15H19FO3. The third-order valence-corrected chi connectivity index (χ3v) is 3.71. The zero-order chi connectivity index (χ0) is 13.8. The zero-order valence-corrected chi connectivity index (χ0v) is 11.4. The van der Waals surface area contributed by atoms with Crippen LogP contribution in [0, 0.1) is 11.7 Å². The first-order valence-corrected chi connectivity index (χ1v) is 6.63. The van der Waals surface area contributed by atoms with Crippen molar-refractivity contribution in [2.24, 2.45) is 5.92 Å². The number of hydrogen-bond donors (Lipinski definition) is 0. The van der Waals surface area contributed by atoms with Crippen molar-refractivity contribution >= 4 is 5.78 Å². The van der Waals surface area contributed by atoms with Crippen molar-refractivity contribution in [3.63, 3.8) is 0 Å². The molecule has 0 N–H and O–H groups in total. The minimum Gasteiger partial charge on any atom is -0.493 e. The van der Waals surface area contributed by atoms with Gasteiger partial charge < -0.3 is 9.47 Å². The maximum atomic E-state index is 14.0. The predicted octanol–water partition coefficient (Wildman–Crippen LogP) is 3.61. The summed E-state index contributed by atoms with van der Waals surface area (Å²) in [5.74, 6) is -0.00372. The minimum atomic E-state index is -0.534. The van der Waals surface area contributed by atoms with Crippen LogP contribution in [0.4, 0.5) is 4.39 Å². The van der Waals surface area contributed by atoms with Gasteiger partial charge >= 0.3 is 0 Å². The first-order valence-electron chi connectivity index (χ1n) is 6.63. The van der Waals surface area contributed by atoms with Crippen molar-refractivity contribution < 1.29 is 18.7 Å². The van der Waals surface area contributed by atoms with Crippen LogP contribution < -0.4 is 9.47 Å². The van der Waals surface area contributed by atoms with Gasteiger partial charge in [-0.15, -0.1) is 0 Å². The molecule has 1 aliphatic rings. The van der Waals surface area contributed by atoms with Gasteiger partial charge in [0.2, 0.25) is 0 Å². The number of halogens is 1. The van der Waals surface area contributed by atoms with Crippen LogP contribution in [-0.4, -0.2) is 20.0 Å². The topological polar surface area (TPSA) is 35.5 Å². The molecule has 1 fully saturated rings. The lowest BCUT2D eigenvalue weighted by Gasteiger charge is -2.21. The van der Waals surface area contributed by atoms with Crippen molar-refractivity contribution in [1.82, 2.24) is 0 Å². The van der Waals surface area contributed by atoms with Gasteiger partial charge in [0, 0.05) is 12.0 Å². The highest BCUT2D eigenvalue weighted by Gasteiger charge is 2.26. The molecule has 1 aromatic carbocycles. The quantitative estimate of drug-likeness (QED) is 0.781. The molecule has 0 radical (unpaired) electrons. The van der Waals surface area contributed by atoms with Gasteiger partial charge in [-0.2, -0.15) is 0 Å². The van der Waals surface area contributed by atoms with E-state index in [1.54, 1.807) is 0 Å². The Morgan fingerprint density at radius 2 is 1.68 bits per heavy atom. The molecular weight excluding hydrogens is 247 g/mol. The second-order valence-corrected chi connectivity index (χ2v) is 4.89. The Kier molecular flexibility index (Phi) is 4.40. The Balaban J connectivity index is 2.30. The second-order valence-electron chi connectivity index (χ2n) is 4.89. The summed E-state index contributed by atoms with van der Waals surface area (Å²) in [5, 5.41) is 0. The van der Waals surface area contributed by atoms with E-state index in [-0.39, 0.29) is 17.3 Å². The van der Waals surface area contributed by atoms with Crippen molar-refractivity contribution in [2.75, 3.05) is 14.2 Å². The van der Waals surface area contributed by atoms with Crippen LogP contribution in [0.3, 0.4) is 0 Å². The van der Waals surface area contributed by atoms with E-state index >= 15 is 0 Å². The van der Waals surface area contributed by atoms with Crippen LogP contribution in [-0.2, 0) is 0 Å². The molecule has 0 bridgehead atoms. The highest BCUT2D eigenvalue weighted by atomic mass is 19.1. The van der Waals surface area contributed by atoms with Gasteiger partial charge in [-0.1, -0.05) is 19.3 Å². The Morgan fingerprint density at radius 3 is 2.26 bits per heavy atom. The third kappa shape index (κ3) is 2.88. The predicted molar refractivity (Wildman–Crippen MR) is 70.4 cm³/mol. The minimum absolute atomic E-state index is 0.0543. The van der Waals surface area contributed by atoms with Crippen molar-refractivity contribution in [1.29, 1.82) is 0 Å². The summed E-state index contributed by atoms with van der Waals surface area (Å²) in [6.07, 6.45) is 4.97. The van der Waals surface area contributed by atoms with Gasteiger partial charge in [0.05, 0.1) is 19.8 Å². The summed E-state index contributed by atoms with van der Waals surface area (Å²) in [4.78, 5) is 12.4. The van der Waals surface area contributed by atoms with Crippen LogP contribution in [0.25, 0.3) is 0 Å². The number of ether oxygens (including phenoxy) is 2. The highest BCUT2D eigenvalue weighted by Crippen LogP contribution is 2.33. The SMILES string of the molecule is COc1cc(F)c(C(=O)C2CCCCC2)cc1OC. The number of carbonyl (C=O) groups is 1. The molecule has 0 atom stereocenters. The summed E-state index contributed by atoms with van der Waals surface area (Å²) in [7, 11) is 2.92. The molecule has 0 aromatic heterocycles. The maximum absolute atomic E-state index is 14.0. The molecule has 1 aromatic rings. The smallest absolute Gasteiger partial charge is 0.169 e. The molecule has 0 unspecified atom stereocenters. The standard InChI is InChI=1S/C15H19FO3/c1-18-13-8-11(12(16)9-14(13)19-2)15(17)10-6-4-3-5-7-10/h8-10H,3-7H2,1-2H3. The average molecular weight is 266 g/mol. The van der Waals surface area contributed by atoms with E-state index in [1.807, 2.05) is 0 Å². The molecule has 0 heterocycles. The maximum Gasteiger partial charge on any atom is 0.169 e. The van der Waals surface area contributed by atoms with E-state index in [1.165, 1.54) is 26.4 Å². The second kappa shape index (κ2) is 6.04. The summed E-state index contributed by atoms with van der Waals surface area (Å²) >= 11 is 0. The molecule has 2 rings (SSSR count). The van der Waals surface area contributed by atoms with Gasteiger partial charge in [0.15, 0.2) is 17.3 Å². The van der Waals surface area contributed by atoms with Crippen molar-refractivity contribution in [2.45, 2.75) is 32.1 Å². The molecule has 3 nitrogen and oxygen atoms in total. The number of rotatable bonds is 4. The fraction of sp³-hybridized carbons (Fsp3) is 0.533. The summed E-state index contributed by atoms with van der Waals surface area (Å²) in [5.41, 5.74) is 0.115. The van der Waals surface area contributed by atoms with E-state index in [0.29, 0.717) is 11.5 Å². The van der Waals surface area contributed by atoms with Crippen LogP contribution >= 0.6 is 0 Å². The number of benzene rings is 1. The first-order chi connectivity index (χ1) is 9.17. The average Bonchev–Trinajstić information content (AvgIpc) is 2.47. The first kappa shape index (κ1) is 13.8. The summed E-state index contributed by atoms with van der Waals surface area (Å²) in [6, 6.07) is 2.67. The molecule has 104 valence electrons. The van der Waals surface area contributed by atoms with Gasteiger partial charge in [-0.3, -0.25) is 4.79 Å².